The Kier molecular flexibility index (Phi) is 3.45. The maximum Gasteiger partial charge on any atom is 0.252 e. The summed E-state index contributed by atoms with van der Waals surface area (Å²) >= 11 is 0. The quantitative estimate of drug-likeness (QED) is 0.826. The highest BCUT2D eigenvalue weighted by Gasteiger charge is 2.48. The van der Waals surface area contributed by atoms with Crippen LogP contribution in [-0.4, -0.2) is 33.3 Å². The van der Waals surface area contributed by atoms with E-state index in [9.17, 15) is 10.1 Å². The van der Waals surface area contributed by atoms with Gasteiger partial charge in [-0.2, -0.15) is 5.26 Å². The van der Waals surface area contributed by atoms with Crippen LogP contribution in [0.25, 0.3) is 0 Å². The van der Waals surface area contributed by atoms with Gasteiger partial charge in [-0.15, -0.1) is 0 Å². The Hall–Kier alpha value is -2.06. The molecule has 1 aliphatic heterocycles. The first kappa shape index (κ1) is 13.4. The number of ether oxygens (including phenoxy) is 2. The van der Waals surface area contributed by atoms with Gasteiger partial charge in [0.05, 0.1) is 32.1 Å². The second-order valence-corrected chi connectivity index (χ2v) is 4.73. The van der Waals surface area contributed by atoms with Crippen LogP contribution in [0.3, 0.4) is 0 Å². The average Bonchev–Trinajstić information content (AvgIpc) is 2.37. The summed E-state index contributed by atoms with van der Waals surface area (Å²) in [5.74, 6) is 0.347. The monoisotopic (exact) mass is 260 g/mol. The first-order chi connectivity index (χ1) is 9.04. The van der Waals surface area contributed by atoms with Crippen LogP contribution >= 0.6 is 0 Å². The molecule has 5 nitrogen and oxygen atoms in total. The van der Waals surface area contributed by atoms with E-state index in [2.05, 4.69) is 6.07 Å². The van der Waals surface area contributed by atoms with Gasteiger partial charge in [0.25, 0.3) is 5.91 Å². The molecular formula is C14H16N2O3. The Morgan fingerprint density at radius 2 is 2.21 bits per heavy atom. The molecule has 0 unspecified atom stereocenters. The number of anilines is 1. The zero-order chi connectivity index (χ0) is 14.0. The van der Waals surface area contributed by atoms with Crippen molar-refractivity contribution in [1.82, 2.24) is 0 Å². The van der Waals surface area contributed by atoms with Gasteiger partial charge in [-0.3, -0.25) is 4.79 Å². The molecule has 100 valence electrons. The predicted molar refractivity (Wildman–Crippen MR) is 70.0 cm³/mol. The number of benzene rings is 1. The largest absolute Gasteiger partial charge is 0.495 e. The van der Waals surface area contributed by atoms with E-state index in [4.69, 9.17) is 9.47 Å². The fraction of sp³-hybridized carbons (Fsp3) is 0.429. The maximum absolute atomic E-state index is 12.4. The number of nitrogens with zero attached hydrogens (tertiary/aromatic N) is 2. The molecule has 0 aromatic heterocycles. The van der Waals surface area contributed by atoms with Gasteiger partial charge in [-0.05, 0) is 24.6 Å². The van der Waals surface area contributed by atoms with Crippen molar-refractivity contribution < 1.29 is 14.3 Å². The summed E-state index contributed by atoms with van der Waals surface area (Å²) in [6, 6.07) is 7.64. The molecule has 0 spiro atoms. The number of carbonyl (C=O) groups is 1. The van der Waals surface area contributed by atoms with Crippen molar-refractivity contribution in [2.24, 2.45) is 5.41 Å². The molecular weight excluding hydrogens is 244 g/mol. The van der Waals surface area contributed by atoms with Gasteiger partial charge < -0.3 is 14.4 Å². The molecule has 0 saturated carbocycles. The lowest BCUT2D eigenvalue weighted by Gasteiger charge is -2.36. The van der Waals surface area contributed by atoms with Crippen molar-refractivity contribution >= 4 is 11.6 Å². The molecule has 5 heteroatoms. The summed E-state index contributed by atoms with van der Waals surface area (Å²) in [4.78, 5) is 13.9. The summed E-state index contributed by atoms with van der Waals surface area (Å²) < 4.78 is 10.3. The molecule has 1 aromatic carbocycles. The van der Waals surface area contributed by atoms with Crippen LogP contribution in [0.15, 0.2) is 18.2 Å². The minimum absolute atomic E-state index is 0.154. The lowest BCUT2D eigenvalue weighted by molar-refractivity contribution is -0.146. The second kappa shape index (κ2) is 4.90. The van der Waals surface area contributed by atoms with Gasteiger partial charge in [-0.1, -0.05) is 6.07 Å². The van der Waals surface area contributed by atoms with Crippen LogP contribution < -0.4 is 9.64 Å². The molecule has 1 heterocycles. The average molecular weight is 260 g/mol. The third kappa shape index (κ3) is 2.15. The molecule has 0 aliphatic carbocycles. The van der Waals surface area contributed by atoms with Crippen LogP contribution in [0, 0.1) is 23.7 Å². The Morgan fingerprint density at radius 3 is 2.68 bits per heavy atom. The van der Waals surface area contributed by atoms with Crippen LogP contribution in [0.1, 0.15) is 5.56 Å². The third-order valence-corrected chi connectivity index (χ3v) is 3.32. The van der Waals surface area contributed by atoms with E-state index in [0.29, 0.717) is 11.4 Å². The molecule has 0 N–H and O–H groups in total. The van der Waals surface area contributed by atoms with Crippen LogP contribution in [0.2, 0.25) is 0 Å². The Balaban J connectivity index is 2.34. The Labute approximate surface area is 112 Å². The molecule has 1 fully saturated rings. The summed E-state index contributed by atoms with van der Waals surface area (Å²) in [7, 11) is 3.20. The van der Waals surface area contributed by atoms with E-state index < -0.39 is 5.41 Å². The number of nitriles is 1. The first-order valence-corrected chi connectivity index (χ1v) is 5.96. The molecule has 1 aromatic rings. The summed E-state index contributed by atoms with van der Waals surface area (Å²) in [5, 5.41) is 9.18. The van der Waals surface area contributed by atoms with Crippen molar-refractivity contribution in [3.05, 3.63) is 23.8 Å². The molecule has 1 aliphatic rings. The molecule has 0 radical (unpaired) electrons. The smallest absolute Gasteiger partial charge is 0.252 e. The molecule has 19 heavy (non-hydrogen) atoms. The van der Waals surface area contributed by atoms with Crippen LogP contribution in [-0.2, 0) is 9.53 Å². The minimum Gasteiger partial charge on any atom is -0.495 e. The van der Waals surface area contributed by atoms with Gasteiger partial charge in [0.1, 0.15) is 5.75 Å². The maximum atomic E-state index is 12.4. The third-order valence-electron chi connectivity index (χ3n) is 3.32. The van der Waals surface area contributed by atoms with Crippen molar-refractivity contribution in [1.29, 1.82) is 5.26 Å². The number of hydrogen-bond acceptors (Lipinski definition) is 4. The molecule has 1 saturated heterocycles. The number of hydrogen-bond donors (Lipinski definition) is 0. The summed E-state index contributed by atoms with van der Waals surface area (Å²) in [5.41, 5.74) is 0.629. The van der Waals surface area contributed by atoms with E-state index in [-0.39, 0.29) is 19.1 Å². The van der Waals surface area contributed by atoms with E-state index >= 15 is 0 Å². The SMILES string of the molecule is COc1ccc(C)cc1N(C)C(=O)C1(C#N)COC1. The van der Waals surface area contributed by atoms with Crippen LogP contribution in [0.4, 0.5) is 5.69 Å². The van der Waals surface area contributed by atoms with Gasteiger partial charge >= 0.3 is 0 Å². The van der Waals surface area contributed by atoms with Crippen LogP contribution in [0.5, 0.6) is 5.75 Å². The molecule has 2 rings (SSSR count). The van der Waals surface area contributed by atoms with Crippen molar-refractivity contribution in [3.63, 3.8) is 0 Å². The van der Waals surface area contributed by atoms with E-state index in [1.54, 1.807) is 14.2 Å². The van der Waals surface area contributed by atoms with Crippen molar-refractivity contribution in [3.8, 4) is 11.8 Å². The number of carbonyl (C=O) groups excluding carboxylic acids is 1. The topological polar surface area (TPSA) is 62.6 Å². The second-order valence-electron chi connectivity index (χ2n) is 4.73. The van der Waals surface area contributed by atoms with Gasteiger partial charge in [-0.25, -0.2) is 0 Å². The van der Waals surface area contributed by atoms with Gasteiger partial charge in [0, 0.05) is 7.05 Å². The number of amides is 1. The number of methoxy groups -OCH3 is 1. The molecule has 0 atom stereocenters. The van der Waals surface area contributed by atoms with E-state index in [1.165, 1.54) is 4.90 Å². The fourth-order valence-electron chi connectivity index (χ4n) is 2.03. The summed E-state index contributed by atoms with van der Waals surface area (Å²) in [6.45, 7) is 2.25. The molecule has 1 amide bonds. The first-order valence-electron chi connectivity index (χ1n) is 5.96. The minimum atomic E-state index is -1.05. The highest BCUT2D eigenvalue weighted by Crippen LogP contribution is 2.34. The standard InChI is InChI=1S/C14H16N2O3/c1-10-4-5-12(18-3)11(6-10)16(2)13(17)14(7-15)8-19-9-14/h4-6H,8-9H2,1-3H3. The summed E-state index contributed by atoms with van der Waals surface area (Å²) in [6.07, 6.45) is 0. The van der Waals surface area contributed by atoms with Gasteiger partial charge in [0.15, 0.2) is 5.41 Å². The van der Waals surface area contributed by atoms with Crippen molar-refractivity contribution in [2.45, 2.75) is 6.92 Å². The lowest BCUT2D eigenvalue weighted by Crippen LogP contribution is -2.53. The normalized spacial score (nSPS) is 16.1. The fourth-order valence-corrected chi connectivity index (χ4v) is 2.03. The highest BCUT2D eigenvalue weighted by atomic mass is 16.5. The molecule has 0 bridgehead atoms. The number of aryl methyl sites for hydroxylation is 1. The van der Waals surface area contributed by atoms with Crippen molar-refractivity contribution in [2.75, 3.05) is 32.3 Å². The van der Waals surface area contributed by atoms with Gasteiger partial charge in [0.2, 0.25) is 0 Å². The number of rotatable bonds is 3. The zero-order valence-electron chi connectivity index (χ0n) is 11.3. The predicted octanol–water partition coefficient (Wildman–Crippen LogP) is 1.51. The Bertz CT molecular complexity index is 544. The zero-order valence-corrected chi connectivity index (χ0v) is 11.3. The van der Waals surface area contributed by atoms with E-state index in [1.807, 2.05) is 25.1 Å². The lowest BCUT2D eigenvalue weighted by atomic mass is 9.86. The highest BCUT2D eigenvalue weighted by molar-refractivity contribution is 6.00. The Morgan fingerprint density at radius 1 is 1.53 bits per heavy atom. The van der Waals surface area contributed by atoms with E-state index in [0.717, 1.165) is 5.56 Å².